The molecule has 0 spiro atoms. The molecule has 0 aliphatic carbocycles. The molecule has 1 heterocycles. The van der Waals surface area contributed by atoms with E-state index in [2.05, 4.69) is 5.10 Å². The predicted octanol–water partition coefficient (Wildman–Crippen LogP) is 2.15. The van der Waals surface area contributed by atoms with Crippen LogP contribution in [-0.4, -0.2) is 27.9 Å². The normalized spacial score (nSPS) is 13.6. The average Bonchev–Trinajstić information content (AvgIpc) is 2.72. The maximum Gasteiger partial charge on any atom is 0.432 e. The lowest BCUT2D eigenvalue weighted by atomic mass is 10.2. The van der Waals surface area contributed by atoms with Crippen molar-refractivity contribution in [1.82, 2.24) is 5.01 Å². The van der Waals surface area contributed by atoms with E-state index in [1.54, 1.807) is 0 Å². The van der Waals surface area contributed by atoms with Crippen molar-refractivity contribution >= 4 is 17.8 Å². The predicted molar refractivity (Wildman–Crippen MR) is 71.8 cm³/mol. The van der Waals surface area contributed by atoms with Crippen LogP contribution in [0.2, 0.25) is 0 Å². The van der Waals surface area contributed by atoms with E-state index in [4.69, 9.17) is 9.84 Å². The molecule has 1 aromatic carbocycles. The monoisotopic (exact) mass is 272 g/mol. The summed E-state index contributed by atoms with van der Waals surface area (Å²) < 4.78 is 5.08. The number of carbonyl (C=O) groups is 2. The molecule has 102 valence electrons. The average molecular weight is 272 g/mol. The van der Waals surface area contributed by atoms with Gasteiger partial charge in [0, 0.05) is 6.20 Å². The molecule has 0 fully saturated rings. The zero-order valence-electron chi connectivity index (χ0n) is 10.5. The Hall–Kier alpha value is -2.89. The number of hydrogen-bond donors (Lipinski definition) is 1. The lowest BCUT2D eigenvalue weighted by Crippen LogP contribution is -2.23. The third-order valence-electron chi connectivity index (χ3n) is 2.43. The second kappa shape index (κ2) is 6.33. The number of hydrazone groups is 1. The van der Waals surface area contributed by atoms with E-state index >= 15 is 0 Å². The van der Waals surface area contributed by atoms with Crippen molar-refractivity contribution in [3.05, 3.63) is 60.3 Å². The fourth-order valence-corrected chi connectivity index (χ4v) is 1.47. The van der Waals surface area contributed by atoms with Crippen molar-refractivity contribution in [2.45, 2.75) is 6.61 Å². The molecule has 0 atom stereocenters. The number of benzene rings is 1. The smallest absolute Gasteiger partial charge is 0.432 e. The van der Waals surface area contributed by atoms with Gasteiger partial charge in [0.25, 0.3) is 0 Å². The minimum atomic E-state index is -1.28. The Morgan fingerprint density at radius 3 is 2.65 bits per heavy atom. The fourth-order valence-electron chi connectivity index (χ4n) is 1.47. The quantitative estimate of drug-likeness (QED) is 0.855. The minimum Gasteiger partial charge on any atom is -0.463 e. The Bertz CT molecular complexity index is 590. The van der Waals surface area contributed by atoms with Crippen molar-refractivity contribution < 1.29 is 19.4 Å². The van der Waals surface area contributed by atoms with E-state index in [9.17, 15) is 9.59 Å². The number of carboxylic acid groups (broad SMARTS) is 1. The summed E-state index contributed by atoms with van der Waals surface area (Å²) in [5, 5.41) is 13.2. The first kappa shape index (κ1) is 13.5. The van der Waals surface area contributed by atoms with Gasteiger partial charge in [-0.25, -0.2) is 9.59 Å². The first-order valence-electron chi connectivity index (χ1n) is 5.83. The fraction of sp³-hybridized carbons (Fsp3) is 0.0714. The number of esters is 1. The Morgan fingerprint density at radius 1 is 1.20 bits per heavy atom. The highest BCUT2D eigenvalue weighted by molar-refractivity contribution is 6.41. The first-order chi connectivity index (χ1) is 9.66. The van der Waals surface area contributed by atoms with Crippen LogP contribution in [0, 0.1) is 0 Å². The molecule has 2 rings (SSSR count). The van der Waals surface area contributed by atoms with Gasteiger partial charge in [-0.05, 0) is 17.7 Å². The number of amides is 1. The molecule has 20 heavy (non-hydrogen) atoms. The molecule has 1 amide bonds. The van der Waals surface area contributed by atoms with Crippen LogP contribution in [-0.2, 0) is 16.1 Å². The summed E-state index contributed by atoms with van der Waals surface area (Å²) in [5.74, 6) is -0.681. The molecule has 1 aromatic rings. The van der Waals surface area contributed by atoms with Crippen LogP contribution in [0.3, 0.4) is 0 Å². The first-order valence-corrected chi connectivity index (χ1v) is 5.83. The molecule has 1 aliphatic rings. The van der Waals surface area contributed by atoms with Crippen LogP contribution in [0.1, 0.15) is 5.56 Å². The van der Waals surface area contributed by atoms with Crippen LogP contribution in [0.15, 0.2) is 59.9 Å². The van der Waals surface area contributed by atoms with Crippen molar-refractivity contribution in [1.29, 1.82) is 0 Å². The molecule has 0 radical (unpaired) electrons. The third kappa shape index (κ3) is 3.55. The van der Waals surface area contributed by atoms with Crippen LogP contribution in [0.5, 0.6) is 0 Å². The highest BCUT2D eigenvalue weighted by Gasteiger charge is 2.16. The van der Waals surface area contributed by atoms with Gasteiger partial charge in [0.05, 0.1) is 0 Å². The topological polar surface area (TPSA) is 79.2 Å². The Morgan fingerprint density at radius 2 is 1.95 bits per heavy atom. The van der Waals surface area contributed by atoms with Crippen molar-refractivity contribution in [2.24, 2.45) is 5.10 Å². The number of carbonyl (C=O) groups excluding carboxylic acids is 1. The van der Waals surface area contributed by atoms with Crippen LogP contribution >= 0.6 is 0 Å². The molecule has 0 saturated carbocycles. The molecule has 1 N–H and O–H groups in total. The molecule has 1 aliphatic heterocycles. The van der Waals surface area contributed by atoms with Gasteiger partial charge < -0.3 is 9.84 Å². The maximum atomic E-state index is 11.8. The van der Waals surface area contributed by atoms with Crippen LogP contribution in [0.25, 0.3) is 0 Å². The molecule has 0 saturated heterocycles. The molecule has 0 unspecified atom stereocenters. The summed E-state index contributed by atoms with van der Waals surface area (Å²) >= 11 is 0. The van der Waals surface area contributed by atoms with Gasteiger partial charge in [-0.15, -0.1) is 0 Å². The van der Waals surface area contributed by atoms with Crippen LogP contribution < -0.4 is 0 Å². The molecule has 0 bridgehead atoms. The standard InChI is InChI=1S/C14H12N2O4/c17-13(20-10-11-6-2-1-3-7-11)12-8-4-5-9-16(15-12)14(18)19/h1-9H,10H2,(H,18,19). The lowest BCUT2D eigenvalue weighted by molar-refractivity contribution is -0.136. The highest BCUT2D eigenvalue weighted by Crippen LogP contribution is 2.05. The highest BCUT2D eigenvalue weighted by atomic mass is 16.5. The Kier molecular flexibility index (Phi) is 4.28. The van der Waals surface area contributed by atoms with Crippen molar-refractivity contribution in [3.8, 4) is 0 Å². The summed E-state index contributed by atoms with van der Waals surface area (Å²) in [7, 11) is 0. The largest absolute Gasteiger partial charge is 0.463 e. The SMILES string of the molecule is O=C(OCc1ccccc1)C1=NN(C(=O)O)C=CC=C1. The zero-order valence-corrected chi connectivity index (χ0v) is 10.5. The van der Waals surface area contributed by atoms with Gasteiger partial charge >= 0.3 is 12.1 Å². The minimum absolute atomic E-state index is 0.0756. The summed E-state index contributed by atoms with van der Waals surface area (Å²) in [6, 6.07) is 9.18. The van der Waals surface area contributed by atoms with Gasteiger partial charge in [0.1, 0.15) is 6.61 Å². The Labute approximate surface area is 115 Å². The van der Waals surface area contributed by atoms with Crippen LogP contribution in [0.4, 0.5) is 4.79 Å². The molecular formula is C14H12N2O4. The second-order valence-corrected chi connectivity index (χ2v) is 3.87. The van der Waals surface area contributed by atoms with E-state index in [1.807, 2.05) is 30.3 Å². The second-order valence-electron chi connectivity index (χ2n) is 3.87. The van der Waals surface area contributed by atoms with Gasteiger partial charge in [-0.2, -0.15) is 10.1 Å². The van der Waals surface area contributed by atoms with Crippen molar-refractivity contribution in [3.63, 3.8) is 0 Å². The van der Waals surface area contributed by atoms with Gasteiger partial charge in [-0.1, -0.05) is 36.4 Å². The number of rotatable bonds is 3. The summed E-state index contributed by atoms with van der Waals surface area (Å²) in [6.45, 7) is 0.104. The van der Waals surface area contributed by atoms with Gasteiger partial charge in [-0.3, -0.25) is 0 Å². The lowest BCUT2D eigenvalue weighted by Gasteiger charge is -2.08. The third-order valence-corrected chi connectivity index (χ3v) is 2.43. The summed E-state index contributed by atoms with van der Waals surface area (Å²) in [5.41, 5.74) is 0.764. The van der Waals surface area contributed by atoms with Crippen molar-refractivity contribution in [2.75, 3.05) is 0 Å². The molecule has 6 nitrogen and oxygen atoms in total. The van der Waals surface area contributed by atoms with E-state index in [0.717, 1.165) is 5.56 Å². The molecule has 6 heteroatoms. The van der Waals surface area contributed by atoms with E-state index < -0.39 is 12.1 Å². The number of nitrogens with zero attached hydrogens (tertiary/aromatic N) is 2. The molecular weight excluding hydrogens is 260 g/mol. The number of ether oxygens (including phenoxy) is 1. The molecule has 0 aromatic heterocycles. The van der Waals surface area contributed by atoms with E-state index in [-0.39, 0.29) is 12.3 Å². The summed E-state index contributed by atoms with van der Waals surface area (Å²) in [4.78, 5) is 22.7. The summed E-state index contributed by atoms with van der Waals surface area (Å²) in [6.07, 6.45) is 4.34. The van der Waals surface area contributed by atoms with Gasteiger partial charge in [0.15, 0.2) is 5.71 Å². The maximum absolute atomic E-state index is 11.8. The number of hydrogen-bond acceptors (Lipinski definition) is 4. The van der Waals surface area contributed by atoms with E-state index in [0.29, 0.717) is 5.01 Å². The zero-order chi connectivity index (χ0) is 14.4. The van der Waals surface area contributed by atoms with E-state index in [1.165, 1.54) is 24.4 Å². The van der Waals surface area contributed by atoms with Gasteiger partial charge in [0.2, 0.25) is 0 Å². The number of allylic oxidation sites excluding steroid dienone is 2. The Balaban J connectivity index is 2.03.